The van der Waals surface area contributed by atoms with E-state index in [1.54, 1.807) is 12.2 Å². The van der Waals surface area contributed by atoms with Crippen LogP contribution in [0.5, 0.6) is 0 Å². The lowest BCUT2D eigenvalue weighted by molar-refractivity contribution is 0.322. The van der Waals surface area contributed by atoms with Gasteiger partial charge < -0.3 is 5.11 Å². The van der Waals surface area contributed by atoms with E-state index in [1.807, 2.05) is 0 Å². The highest BCUT2D eigenvalue weighted by Crippen LogP contribution is 2.15. The van der Waals surface area contributed by atoms with Gasteiger partial charge in [0, 0.05) is 6.42 Å². The number of aliphatic hydroxyl groups is 1. The van der Waals surface area contributed by atoms with Gasteiger partial charge in [-0.3, -0.25) is 0 Å². The maximum absolute atomic E-state index is 13.1. The summed E-state index contributed by atoms with van der Waals surface area (Å²) in [6.45, 7) is 6.74. The van der Waals surface area contributed by atoms with E-state index in [2.05, 4.69) is 13.2 Å². The van der Waals surface area contributed by atoms with Gasteiger partial charge in [0.15, 0.2) is 0 Å². The first-order chi connectivity index (χ1) is 5.76. The molecular weight excluding hydrogens is 155 g/mol. The standard InChI is InChI=1S/C10H15FO/c1-3-5-7-10(11)9(8-12)6-4-2/h3-4,12H,1-2,5-8H2/b10-9+. The van der Waals surface area contributed by atoms with Gasteiger partial charge in [-0.15, -0.1) is 13.2 Å². The van der Waals surface area contributed by atoms with Crippen LogP contribution in [-0.4, -0.2) is 11.7 Å². The number of allylic oxidation sites excluding steroid dienone is 3. The number of hydrogen-bond acceptors (Lipinski definition) is 1. The van der Waals surface area contributed by atoms with Crippen LogP contribution in [0, 0.1) is 0 Å². The fourth-order valence-corrected chi connectivity index (χ4v) is 0.841. The van der Waals surface area contributed by atoms with Crippen LogP contribution in [0.3, 0.4) is 0 Å². The van der Waals surface area contributed by atoms with Crippen LogP contribution < -0.4 is 0 Å². The Morgan fingerprint density at radius 2 is 2.00 bits per heavy atom. The number of halogens is 1. The fraction of sp³-hybridized carbons (Fsp3) is 0.400. The second-order valence-electron chi connectivity index (χ2n) is 2.49. The number of aliphatic hydroxyl groups excluding tert-OH is 1. The van der Waals surface area contributed by atoms with Crippen molar-refractivity contribution in [1.82, 2.24) is 0 Å². The SMILES string of the molecule is C=CCC/C(F)=C(\CO)CC=C. The molecule has 0 radical (unpaired) electrons. The molecule has 0 aliphatic rings. The van der Waals surface area contributed by atoms with Crippen molar-refractivity contribution in [2.45, 2.75) is 19.3 Å². The van der Waals surface area contributed by atoms with Crippen LogP contribution in [0.15, 0.2) is 36.7 Å². The third kappa shape index (κ3) is 4.09. The van der Waals surface area contributed by atoms with Gasteiger partial charge in [0.05, 0.1) is 6.61 Å². The van der Waals surface area contributed by atoms with Crippen molar-refractivity contribution in [2.24, 2.45) is 0 Å². The maximum atomic E-state index is 13.1. The molecule has 0 bridgehead atoms. The lowest BCUT2D eigenvalue weighted by Gasteiger charge is -2.02. The van der Waals surface area contributed by atoms with E-state index in [4.69, 9.17) is 5.11 Å². The van der Waals surface area contributed by atoms with E-state index in [0.29, 0.717) is 24.8 Å². The molecule has 68 valence electrons. The summed E-state index contributed by atoms with van der Waals surface area (Å²) in [6, 6.07) is 0. The Hall–Kier alpha value is -0.890. The lowest BCUT2D eigenvalue weighted by atomic mass is 10.1. The molecule has 0 atom stereocenters. The lowest BCUT2D eigenvalue weighted by Crippen LogP contribution is -1.93. The van der Waals surface area contributed by atoms with Gasteiger partial charge in [-0.1, -0.05) is 12.2 Å². The van der Waals surface area contributed by atoms with Gasteiger partial charge in [-0.2, -0.15) is 0 Å². The highest BCUT2D eigenvalue weighted by molar-refractivity contribution is 5.12. The average molecular weight is 170 g/mol. The van der Waals surface area contributed by atoms with Gasteiger partial charge in [0.25, 0.3) is 0 Å². The molecule has 1 N–H and O–H groups in total. The van der Waals surface area contributed by atoms with Gasteiger partial charge in [0.2, 0.25) is 0 Å². The molecule has 0 aliphatic carbocycles. The summed E-state index contributed by atoms with van der Waals surface area (Å²) in [5.41, 5.74) is 0.423. The normalized spacial score (nSPS) is 12.2. The first-order valence-electron chi connectivity index (χ1n) is 3.95. The minimum absolute atomic E-state index is 0.227. The molecule has 0 saturated carbocycles. The largest absolute Gasteiger partial charge is 0.392 e. The molecular formula is C10H15FO. The molecule has 12 heavy (non-hydrogen) atoms. The van der Waals surface area contributed by atoms with E-state index in [9.17, 15) is 4.39 Å². The Balaban J connectivity index is 4.14. The maximum Gasteiger partial charge on any atom is 0.102 e. The van der Waals surface area contributed by atoms with E-state index in [1.165, 1.54) is 0 Å². The van der Waals surface area contributed by atoms with Crippen molar-refractivity contribution in [1.29, 1.82) is 0 Å². The van der Waals surface area contributed by atoms with Crippen LogP contribution in [0.1, 0.15) is 19.3 Å². The highest BCUT2D eigenvalue weighted by Gasteiger charge is 2.02. The van der Waals surface area contributed by atoms with Crippen LogP contribution in [0.4, 0.5) is 4.39 Å². The molecule has 0 rings (SSSR count). The zero-order valence-corrected chi connectivity index (χ0v) is 7.22. The van der Waals surface area contributed by atoms with Gasteiger partial charge in [0.1, 0.15) is 5.83 Å². The summed E-state index contributed by atoms with van der Waals surface area (Å²) < 4.78 is 13.1. The summed E-state index contributed by atoms with van der Waals surface area (Å²) in [4.78, 5) is 0. The van der Waals surface area contributed by atoms with Crippen LogP contribution >= 0.6 is 0 Å². The monoisotopic (exact) mass is 170 g/mol. The minimum Gasteiger partial charge on any atom is -0.392 e. The minimum atomic E-state index is -0.239. The van der Waals surface area contributed by atoms with Crippen molar-refractivity contribution in [3.05, 3.63) is 36.7 Å². The van der Waals surface area contributed by atoms with Crippen molar-refractivity contribution in [2.75, 3.05) is 6.61 Å². The quantitative estimate of drug-likeness (QED) is 0.608. The Morgan fingerprint density at radius 3 is 2.42 bits per heavy atom. The van der Waals surface area contributed by atoms with Crippen LogP contribution in [-0.2, 0) is 0 Å². The Morgan fingerprint density at radius 1 is 1.33 bits per heavy atom. The molecule has 0 aromatic rings. The predicted octanol–water partition coefficient (Wildman–Crippen LogP) is 2.74. The zero-order chi connectivity index (χ0) is 9.40. The van der Waals surface area contributed by atoms with E-state index in [0.717, 1.165) is 0 Å². The Labute approximate surface area is 72.9 Å². The zero-order valence-electron chi connectivity index (χ0n) is 7.22. The summed E-state index contributed by atoms with van der Waals surface area (Å²) >= 11 is 0. The van der Waals surface area contributed by atoms with Crippen molar-refractivity contribution < 1.29 is 9.50 Å². The third-order valence-corrected chi connectivity index (χ3v) is 1.53. The Kier molecular flexibility index (Phi) is 6.29. The smallest absolute Gasteiger partial charge is 0.102 e. The van der Waals surface area contributed by atoms with Crippen molar-refractivity contribution >= 4 is 0 Å². The predicted molar refractivity (Wildman–Crippen MR) is 49.5 cm³/mol. The molecule has 2 heteroatoms. The van der Waals surface area contributed by atoms with Crippen LogP contribution in [0.25, 0.3) is 0 Å². The third-order valence-electron chi connectivity index (χ3n) is 1.53. The molecule has 1 nitrogen and oxygen atoms in total. The van der Waals surface area contributed by atoms with Gasteiger partial charge >= 0.3 is 0 Å². The van der Waals surface area contributed by atoms with Crippen molar-refractivity contribution in [3.63, 3.8) is 0 Å². The second kappa shape index (κ2) is 6.80. The molecule has 0 heterocycles. The van der Waals surface area contributed by atoms with Gasteiger partial charge in [-0.05, 0) is 18.4 Å². The summed E-state index contributed by atoms with van der Waals surface area (Å²) in [6.07, 6.45) is 4.58. The van der Waals surface area contributed by atoms with Crippen molar-refractivity contribution in [3.8, 4) is 0 Å². The average Bonchev–Trinajstić information content (AvgIpc) is 2.10. The van der Waals surface area contributed by atoms with E-state index in [-0.39, 0.29) is 12.4 Å². The van der Waals surface area contributed by atoms with Gasteiger partial charge in [-0.25, -0.2) is 4.39 Å². The molecule has 0 unspecified atom stereocenters. The first-order valence-corrected chi connectivity index (χ1v) is 3.95. The topological polar surface area (TPSA) is 20.2 Å². The molecule has 0 fully saturated rings. The van der Waals surface area contributed by atoms with E-state index >= 15 is 0 Å². The molecule has 0 aromatic carbocycles. The molecule has 0 aromatic heterocycles. The van der Waals surface area contributed by atoms with E-state index < -0.39 is 0 Å². The summed E-state index contributed by atoms with van der Waals surface area (Å²) in [7, 11) is 0. The second-order valence-corrected chi connectivity index (χ2v) is 2.49. The molecule has 0 saturated heterocycles. The summed E-state index contributed by atoms with van der Waals surface area (Å²) in [5.74, 6) is -0.239. The number of rotatable bonds is 6. The molecule has 0 spiro atoms. The highest BCUT2D eigenvalue weighted by atomic mass is 19.1. The number of hydrogen-bond donors (Lipinski definition) is 1. The molecule has 0 aliphatic heterocycles. The fourth-order valence-electron chi connectivity index (χ4n) is 0.841. The first kappa shape index (κ1) is 11.1. The summed E-state index contributed by atoms with van der Waals surface area (Å²) in [5, 5.41) is 8.76. The molecule has 0 amide bonds. The van der Waals surface area contributed by atoms with Crippen LogP contribution in [0.2, 0.25) is 0 Å². The Bertz CT molecular complexity index is 182.